The molecular weight excluding hydrogens is 320 g/mol. The number of hydrogen-bond donors (Lipinski definition) is 0. The molecule has 0 aliphatic rings. The molecule has 0 saturated heterocycles. The molecule has 0 aliphatic heterocycles. The first-order valence-corrected chi connectivity index (χ1v) is 8.85. The number of thioether (sulfide) groups is 1. The quantitative estimate of drug-likeness (QED) is 0.521. The predicted molar refractivity (Wildman–Crippen MR) is 99.1 cm³/mol. The molecule has 2 aromatic carbocycles. The van der Waals surface area contributed by atoms with Gasteiger partial charge in [-0.3, -0.25) is 0 Å². The first-order chi connectivity index (χ1) is 11.5. The maximum atomic E-state index is 11.6. The number of aryl methyl sites for hydroxylation is 4. The number of rotatable bonds is 5. The van der Waals surface area contributed by atoms with Crippen molar-refractivity contribution in [1.82, 2.24) is 0 Å². The van der Waals surface area contributed by atoms with Crippen LogP contribution in [0.15, 0.2) is 35.2 Å². The Balaban J connectivity index is 2.23. The summed E-state index contributed by atoms with van der Waals surface area (Å²) >= 11 is 1.09. The van der Waals surface area contributed by atoms with Gasteiger partial charge in [0.2, 0.25) is 0 Å². The second kappa shape index (κ2) is 8.25. The summed E-state index contributed by atoms with van der Waals surface area (Å²) in [6.07, 6.45) is 1.02. The van der Waals surface area contributed by atoms with E-state index in [1.807, 2.05) is 25.1 Å². The molecule has 0 fully saturated rings. The molecule has 0 spiro atoms. The van der Waals surface area contributed by atoms with Crippen molar-refractivity contribution in [2.75, 3.05) is 7.11 Å². The van der Waals surface area contributed by atoms with E-state index in [2.05, 4.69) is 32.9 Å². The van der Waals surface area contributed by atoms with Crippen LogP contribution in [0.4, 0.5) is 4.79 Å². The third-order valence-corrected chi connectivity index (χ3v) is 5.05. The van der Waals surface area contributed by atoms with Gasteiger partial charge in [-0.25, -0.2) is 4.79 Å². The lowest BCUT2D eigenvalue weighted by atomic mass is 10.0. The van der Waals surface area contributed by atoms with Crippen LogP contribution in [-0.2, 0) is 17.8 Å². The molecule has 3 nitrogen and oxygen atoms in total. The summed E-state index contributed by atoms with van der Waals surface area (Å²) in [7, 11) is 1.39. The van der Waals surface area contributed by atoms with E-state index in [0.717, 1.165) is 45.5 Å². The zero-order chi connectivity index (χ0) is 17.7. The van der Waals surface area contributed by atoms with Gasteiger partial charge in [-0.05, 0) is 73.3 Å². The largest absolute Gasteiger partial charge is 0.489 e. The van der Waals surface area contributed by atoms with Crippen molar-refractivity contribution >= 4 is 17.1 Å². The topological polar surface area (TPSA) is 35.5 Å². The second-order valence-corrected chi connectivity index (χ2v) is 6.77. The van der Waals surface area contributed by atoms with Crippen molar-refractivity contribution < 1.29 is 14.3 Å². The molecule has 128 valence electrons. The SMILES string of the molecule is CCc1cc(C)c(OCc2c(C)cccc2SC(=O)OC)cc1C. The summed E-state index contributed by atoms with van der Waals surface area (Å²) in [5.74, 6) is 0.891. The summed E-state index contributed by atoms with van der Waals surface area (Å²) in [5.41, 5.74) is 5.84. The van der Waals surface area contributed by atoms with Crippen LogP contribution in [0.1, 0.15) is 34.7 Å². The number of ether oxygens (including phenoxy) is 2. The Labute approximate surface area is 148 Å². The molecule has 0 aliphatic carbocycles. The number of carbonyl (C=O) groups is 1. The molecule has 4 heteroatoms. The van der Waals surface area contributed by atoms with Crippen LogP contribution in [0.25, 0.3) is 0 Å². The van der Waals surface area contributed by atoms with E-state index in [4.69, 9.17) is 9.47 Å². The van der Waals surface area contributed by atoms with Gasteiger partial charge in [0.15, 0.2) is 0 Å². The smallest absolute Gasteiger partial charge is 0.371 e. The molecule has 0 heterocycles. The lowest BCUT2D eigenvalue weighted by Crippen LogP contribution is -2.03. The van der Waals surface area contributed by atoms with Gasteiger partial charge in [0.25, 0.3) is 0 Å². The zero-order valence-electron chi connectivity index (χ0n) is 14.9. The van der Waals surface area contributed by atoms with Crippen molar-refractivity contribution in [2.24, 2.45) is 0 Å². The Hall–Kier alpha value is -1.94. The molecule has 2 rings (SSSR count). The van der Waals surface area contributed by atoms with Crippen LogP contribution in [-0.4, -0.2) is 12.4 Å². The molecule has 24 heavy (non-hydrogen) atoms. The summed E-state index contributed by atoms with van der Waals surface area (Å²) in [6, 6.07) is 10.2. The van der Waals surface area contributed by atoms with Crippen LogP contribution in [0.3, 0.4) is 0 Å². The molecule has 0 radical (unpaired) electrons. The fourth-order valence-corrected chi connectivity index (χ4v) is 3.38. The third kappa shape index (κ3) is 4.32. The van der Waals surface area contributed by atoms with Crippen molar-refractivity contribution in [3.63, 3.8) is 0 Å². The lowest BCUT2D eigenvalue weighted by molar-refractivity contribution is 0.200. The lowest BCUT2D eigenvalue weighted by Gasteiger charge is -2.16. The summed E-state index contributed by atoms with van der Waals surface area (Å²) in [6.45, 7) is 8.79. The zero-order valence-corrected chi connectivity index (χ0v) is 15.8. The highest BCUT2D eigenvalue weighted by Crippen LogP contribution is 2.29. The number of methoxy groups -OCH3 is 1. The highest BCUT2D eigenvalue weighted by Gasteiger charge is 2.13. The van der Waals surface area contributed by atoms with Crippen LogP contribution in [0.5, 0.6) is 5.75 Å². The Morgan fingerprint density at radius 2 is 1.83 bits per heavy atom. The molecule has 0 unspecified atom stereocenters. The average Bonchev–Trinajstić information content (AvgIpc) is 2.56. The van der Waals surface area contributed by atoms with Crippen LogP contribution in [0, 0.1) is 20.8 Å². The highest BCUT2D eigenvalue weighted by atomic mass is 32.2. The fourth-order valence-electron chi connectivity index (χ4n) is 2.62. The Kier molecular flexibility index (Phi) is 6.32. The number of carbonyl (C=O) groups excluding carboxylic acids is 1. The maximum absolute atomic E-state index is 11.6. The normalized spacial score (nSPS) is 10.5. The Morgan fingerprint density at radius 1 is 1.08 bits per heavy atom. The summed E-state index contributed by atoms with van der Waals surface area (Å²) < 4.78 is 10.8. The van der Waals surface area contributed by atoms with Gasteiger partial charge in [0.05, 0.1) is 7.11 Å². The van der Waals surface area contributed by atoms with Gasteiger partial charge >= 0.3 is 5.30 Å². The van der Waals surface area contributed by atoms with E-state index < -0.39 is 0 Å². The van der Waals surface area contributed by atoms with Crippen LogP contribution < -0.4 is 4.74 Å². The number of hydrogen-bond acceptors (Lipinski definition) is 4. The minimum atomic E-state index is -0.318. The predicted octanol–water partition coefficient (Wildman–Crippen LogP) is 5.61. The molecule has 0 aromatic heterocycles. The van der Waals surface area contributed by atoms with Gasteiger partial charge < -0.3 is 9.47 Å². The number of benzene rings is 2. The van der Waals surface area contributed by atoms with E-state index >= 15 is 0 Å². The van der Waals surface area contributed by atoms with Gasteiger partial charge in [0.1, 0.15) is 12.4 Å². The first kappa shape index (κ1) is 18.4. The molecule has 0 bridgehead atoms. The van der Waals surface area contributed by atoms with Gasteiger partial charge in [-0.1, -0.05) is 25.1 Å². The first-order valence-electron chi connectivity index (χ1n) is 8.03. The highest BCUT2D eigenvalue weighted by molar-refractivity contribution is 8.13. The second-order valence-electron chi connectivity index (χ2n) is 5.79. The maximum Gasteiger partial charge on any atom is 0.371 e. The summed E-state index contributed by atoms with van der Waals surface area (Å²) in [4.78, 5) is 12.5. The van der Waals surface area contributed by atoms with Crippen molar-refractivity contribution in [3.05, 3.63) is 58.1 Å². The molecule has 0 amide bonds. The van der Waals surface area contributed by atoms with Gasteiger partial charge in [-0.15, -0.1) is 0 Å². The monoisotopic (exact) mass is 344 g/mol. The van der Waals surface area contributed by atoms with E-state index in [0.29, 0.717) is 6.61 Å². The minimum absolute atomic E-state index is 0.318. The van der Waals surface area contributed by atoms with E-state index in [9.17, 15) is 4.79 Å². The standard InChI is InChI=1S/C20H24O3S/c1-6-16-10-15(4)18(11-14(16)3)23-12-17-13(2)8-7-9-19(17)24-20(21)22-5/h7-11H,6,12H2,1-5H3. The Bertz CT molecular complexity index is 738. The average molecular weight is 344 g/mol. The molecule has 0 N–H and O–H groups in total. The van der Waals surface area contributed by atoms with Crippen molar-refractivity contribution in [1.29, 1.82) is 0 Å². The molecular formula is C20H24O3S. The van der Waals surface area contributed by atoms with E-state index in [-0.39, 0.29) is 5.30 Å². The van der Waals surface area contributed by atoms with Gasteiger partial charge in [-0.2, -0.15) is 0 Å². The van der Waals surface area contributed by atoms with Crippen molar-refractivity contribution in [3.8, 4) is 5.75 Å². The molecule has 2 aromatic rings. The van der Waals surface area contributed by atoms with E-state index in [1.165, 1.54) is 18.2 Å². The third-order valence-electron chi connectivity index (χ3n) is 4.11. The van der Waals surface area contributed by atoms with Crippen molar-refractivity contribution in [2.45, 2.75) is 45.6 Å². The summed E-state index contributed by atoms with van der Waals surface area (Å²) in [5, 5.41) is -0.318. The molecule has 0 atom stereocenters. The Morgan fingerprint density at radius 3 is 2.50 bits per heavy atom. The van der Waals surface area contributed by atoms with Crippen LogP contribution >= 0.6 is 11.8 Å². The van der Waals surface area contributed by atoms with Crippen LogP contribution in [0.2, 0.25) is 0 Å². The minimum Gasteiger partial charge on any atom is -0.489 e. The molecule has 0 saturated carbocycles. The fraction of sp³-hybridized carbons (Fsp3) is 0.350. The van der Waals surface area contributed by atoms with Gasteiger partial charge in [0, 0.05) is 10.5 Å². The van der Waals surface area contributed by atoms with E-state index in [1.54, 1.807) is 0 Å².